The van der Waals surface area contributed by atoms with E-state index >= 15 is 0 Å². The minimum Gasteiger partial charge on any atom is -0.354 e. The third kappa shape index (κ3) is 5.55. The molecule has 2 fully saturated rings. The van der Waals surface area contributed by atoms with Gasteiger partial charge in [0, 0.05) is 25.7 Å². The van der Waals surface area contributed by atoms with Crippen LogP contribution < -0.4 is 5.32 Å². The molecular weight excluding hydrogens is 393 g/mol. The summed E-state index contributed by atoms with van der Waals surface area (Å²) in [6, 6.07) is 5.10. The highest BCUT2D eigenvalue weighted by molar-refractivity contribution is 7.89. The number of hydrogen-bond acceptors (Lipinski definition) is 4. The Hall–Kier alpha value is -1.51. The van der Waals surface area contributed by atoms with Gasteiger partial charge in [0.2, 0.25) is 15.9 Å². The minimum absolute atomic E-state index is 0.0629. The van der Waals surface area contributed by atoms with Gasteiger partial charge < -0.3 is 5.32 Å². The third-order valence-electron chi connectivity index (χ3n) is 6.22. The van der Waals surface area contributed by atoms with E-state index in [0.29, 0.717) is 25.9 Å². The van der Waals surface area contributed by atoms with Crippen molar-refractivity contribution in [1.82, 2.24) is 14.5 Å². The van der Waals surface area contributed by atoms with E-state index in [2.05, 4.69) is 24.1 Å². The summed E-state index contributed by atoms with van der Waals surface area (Å²) in [4.78, 5) is 15.2. The van der Waals surface area contributed by atoms with Crippen LogP contribution in [-0.4, -0.2) is 62.3 Å². The first-order valence-corrected chi connectivity index (χ1v) is 12.0. The molecule has 0 saturated carbocycles. The Balaban J connectivity index is 1.54. The van der Waals surface area contributed by atoms with Gasteiger partial charge >= 0.3 is 0 Å². The van der Waals surface area contributed by atoms with Crippen LogP contribution in [0.25, 0.3) is 0 Å². The second-order valence-electron chi connectivity index (χ2n) is 8.47. The number of piperidine rings is 2. The lowest BCUT2D eigenvalue weighted by molar-refractivity contribution is -0.126. The van der Waals surface area contributed by atoms with Crippen LogP contribution >= 0.6 is 0 Å². The highest BCUT2D eigenvalue weighted by Crippen LogP contribution is 2.24. The van der Waals surface area contributed by atoms with Gasteiger partial charge in [-0.25, -0.2) is 12.8 Å². The molecule has 29 heavy (non-hydrogen) atoms. The van der Waals surface area contributed by atoms with Gasteiger partial charge in [-0.2, -0.15) is 4.31 Å². The molecule has 162 valence electrons. The van der Waals surface area contributed by atoms with Crippen molar-refractivity contribution >= 4 is 15.9 Å². The number of nitrogens with one attached hydrogen (secondary N) is 1. The van der Waals surface area contributed by atoms with Crippen molar-refractivity contribution < 1.29 is 17.6 Å². The van der Waals surface area contributed by atoms with Gasteiger partial charge in [-0.05, 0) is 75.9 Å². The Kier molecular flexibility index (Phi) is 7.29. The van der Waals surface area contributed by atoms with Crippen molar-refractivity contribution in [1.29, 1.82) is 0 Å². The molecule has 1 amide bonds. The first-order valence-electron chi connectivity index (χ1n) is 10.5. The molecule has 0 bridgehead atoms. The molecule has 2 atom stereocenters. The van der Waals surface area contributed by atoms with E-state index in [1.54, 1.807) is 0 Å². The van der Waals surface area contributed by atoms with Crippen LogP contribution in [0.1, 0.15) is 39.5 Å². The summed E-state index contributed by atoms with van der Waals surface area (Å²) in [5, 5.41) is 3.03. The predicted molar refractivity (Wildman–Crippen MR) is 110 cm³/mol. The fourth-order valence-electron chi connectivity index (χ4n) is 4.12. The summed E-state index contributed by atoms with van der Waals surface area (Å²) in [6.07, 6.45) is 3.70. The zero-order valence-corrected chi connectivity index (χ0v) is 18.1. The summed E-state index contributed by atoms with van der Waals surface area (Å²) < 4.78 is 40.1. The maximum Gasteiger partial charge on any atom is 0.243 e. The normalized spacial score (nSPS) is 23.6. The van der Waals surface area contributed by atoms with Crippen LogP contribution in [0.4, 0.5) is 4.39 Å². The van der Waals surface area contributed by atoms with Crippen LogP contribution in [0.3, 0.4) is 0 Å². The minimum atomic E-state index is -3.72. The molecule has 0 aromatic heterocycles. The van der Waals surface area contributed by atoms with E-state index in [0.717, 1.165) is 31.1 Å². The van der Waals surface area contributed by atoms with E-state index in [1.165, 1.54) is 29.3 Å². The van der Waals surface area contributed by atoms with Gasteiger partial charge in [0.15, 0.2) is 0 Å². The van der Waals surface area contributed by atoms with E-state index in [1.807, 2.05) is 0 Å². The Morgan fingerprint density at radius 1 is 1.17 bits per heavy atom. The second-order valence-corrected chi connectivity index (χ2v) is 10.4. The lowest BCUT2D eigenvalue weighted by atomic mass is 9.97. The van der Waals surface area contributed by atoms with Gasteiger partial charge in [-0.1, -0.05) is 6.92 Å². The number of nitrogens with zero attached hydrogens (tertiary/aromatic N) is 2. The third-order valence-corrected chi connectivity index (χ3v) is 8.10. The Morgan fingerprint density at radius 2 is 1.83 bits per heavy atom. The number of carbonyl (C=O) groups is 1. The molecule has 2 heterocycles. The number of rotatable bonds is 6. The number of hydrogen-bond donors (Lipinski definition) is 1. The quantitative estimate of drug-likeness (QED) is 0.760. The maximum absolute atomic E-state index is 13.1. The molecule has 1 aromatic rings. The van der Waals surface area contributed by atoms with Gasteiger partial charge in [0.1, 0.15) is 5.82 Å². The fraction of sp³-hybridized carbons (Fsp3) is 0.667. The van der Waals surface area contributed by atoms with Crippen molar-refractivity contribution in [3.8, 4) is 0 Å². The van der Waals surface area contributed by atoms with E-state index in [9.17, 15) is 17.6 Å². The average Bonchev–Trinajstić information content (AvgIpc) is 2.72. The molecule has 0 spiro atoms. The van der Waals surface area contributed by atoms with Crippen molar-refractivity contribution in [3.05, 3.63) is 30.1 Å². The monoisotopic (exact) mass is 425 g/mol. The lowest BCUT2D eigenvalue weighted by Crippen LogP contribution is -2.49. The number of sulfonamides is 1. The Bertz CT molecular complexity index is 792. The smallest absolute Gasteiger partial charge is 0.243 e. The van der Waals surface area contributed by atoms with Crippen molar-refractivity contribution in [2.75, 3.05) is 32.7 Å². The Morgan fingerprint density at radius 3 is 2.48 bits per heavy atom. The van der Waals surface area contributed by atoms with Crippen molar-refractivity contribution in [2.24, 2.45) is 11.8 Å². The first-order chi connectivity index (χ1) is 13.8. The number of likely N-dealkylation sites (tertiary alicyclic amines) is 1. The topological polar surface area (TPSA) is 69.7 Å². The molecule has 0 aliphatic carbocycles. The Labute approximate surface area is 173 Å². The fourth-order valence-corrected chi connectivity index (χ4v) is 5.65. The zero-order valence-electron chi connectivity index (χ0n) is 17.3. The number of benzene rings is 1. The molecular formula is C21H32FN3O3S. The van der Waals surface area contributed by atoms with Crippen LogP contribution in [0.5, 0.6) is 0 Å². The second kappa shape index (κ2) is 9.53. The maximum atomic E-state index is 13.1. The zero-order chi connectivity index (χ0) is 21.0. The van der Waals surface area contributed by atoms with Gasteiger partial charge in [0.25, 0.3) is 0 Å². The molecule has 2 aliphatic heterocycles. The van der Waals surface area contributed by atoms with E-state index < -0.39 is 15.8 Å². The van der Waals surface area contributed by atoms with Crippen LogP contribution in [-0.2, 0) is 14.8 Å². The first kappa shape index (κ1) is 22.2. The summed E-state index contributed by atoms with van der Waals surface area (Å²) in [7, 11) is -3.72. The van der Waals surface area contributed by atoms with Crippen LogP contribution in [0.2, 0.25) is 0 Å². The number of carbonyl (C=O) groups excluding carboxylic acids is 1. The van der Waals surface area contributed by atoms with Gasteiger partial charge in [-0.3, -0.25) is 9.69 Å². The SMILES string of the molecule is CC1CCN(C(C)CNC(=O)C2CCCN(S(=O)(=O)c3ccc(F)cc3)C2)CC1. The highest BCUT2D eigenvalue weighted by atomic mass is 32.2. The van der Waals surface area contributed by atoms with Crippen LogP contribution in [0, 0.1) is 17.7 Å². The predicted octanol–water partition coefficient (Wildman–Crippen LogP) is 2.46. The number of amides is 1. The van der Waals surface area contributed by atoms with Crippen molar-refractivity contribution in [3.63, 3.8) is 0 Å². The molecule has 6 nitrogen and oxygen atoms in total. The highest BCUT2D eigenvalue weighted by Gasteiger charge is 2.33. The standard InChI is InChI=1S/C21H32FN3O3S/c1-16-9-12-24(13-10-16)17(2)14-23-21(26)18-4-3-11-25(15-18)29(27,28)20-7-5-19(22)6-8-20/h5-8,16-18H,3-4,9-15H2,1-2H3,(H,23,26). The molecule has 1 aromatic carbocycles. The van der Waals surface area contributed by atoms with E-state index in [-0.39, 0.29) is 29.3 Å². The van der Waals surface area contributed by atoms with E-state index in [4.69, 9.17) is 0 Å². The lowest BCUT2D eigenvalue weighted by Gasteiger charge is -2.35. The summed E-state index contributed by atoms with van der Waals surface area (Å²) in [6.45, 7) is 7.65. The largest absolute Gasteiger partial charge is 0.354 e. The van der Waals surface area contributed by atoms with Crippen LogP contribution in [0.15, 0.2) is 29.2 Å². The van der Waals surface area contributed by atoms with Gasteiger partial charge in [-0.15, -0.1) is 0 Å². The van der Waals surface area contributed by atoms with Gasteiger partial charge in [0.05, 0.1) is 10.8 Å². The molecule has 0 radical (unpaired) electrons. The molecule has 1 N–H and O–H groups in total. The number of halogens is 1. The molecule has 2 saturated heterocycles. The average molecular weight is 426 g/mol. The summed E-state index contributed by atoms with van der Waals surface area (Å²) in [5.74, 6) is -0.143. The summed E-state index contributed by atoms with van der Waals surface area (Å²) in [5.41, 5.74) is 0. The molecule has 2 unspecified atom stereocenters. The molecule has 2 aliphatic rings. The molecule has 8 heteroatoms. The molecule has 3 rings (SSSR count). The summed E-state index contributed by atoms with van der Waals surface area (Å²) >= 11 is 0. The van der Waals surface area contributed by atoms with Crippen molar-refractivity contribution in [2.45, 2.75) is 50.5 Å².